The molecule has 8 aromatic carbocycles. The number of rotatable bonds is 6. The zero-order valence-corrected chi connectivity index (χ0v) is 30.4. The lowest BCUT2D eigenvalue weighted by Crippen LogP contribution is -2.36. The third-order valence-electron chi connectivity index (χ3n) is 11.0. The number of nitrogens with zero attached hydrogens (tertiary/aromatic N) is 4. The standard InChI is InChI=1S/C51H35N5/c1-5-15-34(16-6-1)36-25-27-38(28-26-36)50-52-49(37-19-9-3-10-20-37)53-51(54-50)56-43-24-14-13-23-41(43)47-46(56)32-31-45-48(47)42-33-39(35-17-7-2-8-18-35)29-30-44(42)55(45)40-21-11-4-12-22-40/h1-33,51H,(H,52,53,54). The molecule has 0 saturated heterocycles. The number of amidine groups is 2. The second-order valence-electron chi connectivity index (χ2n) is 14.3. The zero-order valence-electron chi connectivity index (χ0n) is 30.4. The normalized spacial score (nSPS) is 14.2. The second-order valence-corrected chi connectivity index (χ2v) is 14.3. The first-order valence-electron chi connectivity index (χ1n) is 19.0. The lowest BCUT2D eigenvalue weighted by molar-refractivity contribution is 0.516. The molecule has 5 heteroatoms. The van der Waals surface area contributed by atoms with Gasteiger partial charge in [-0.2, -0.15) is 0 Å². The largest absolute Gasteiger partial charge is 0.331 e. The molecule has 0 bridgehead atoms. The Morgan fingerprint density at radius 1 is 0.393 bits per heavy atom. The van der Waals surface area contributed by atoms with Crippen molar-refractivity contribution in [3.63, 3.8) is 0 Å². The van der Waals surface area contributed by atoms with Gasteiger partial charge in [0.1, 0.15) is 5.84 Å². The maximum absolute atomic E-state index is 5.40. The van der Waals surface area contributed by atoms with E-state index in [0.717, 1.165) is 44.8 Å². The van der Waals surface area contributed by atoms with Crippen LogP contribution in [0.1, 0.15) is 17.4 Å². The van der Waals surface area contributed by atoms with Crippen LogP contribution in [0.3, 0.4) is 0 Å². The summed E-state index contributed by atoms with van der Waals surface area (Å²) in [6.45, 7) is 0. The second kappa shape index (κ2) is 13.1. The van der Waals surface area contributed by atoms with Gasteiger partial charge in [-0.3, -0.25) is 0 Å². The molecule has 1 N–H and O–H groups in total. The average molecular weight is 718 g/mol. The van der Waals surface area contributed by atoms with E-state index >= 15 is 0 Å². The van der Waals surface area contributed by atoms with Crippen molar-refractivity contribution in [1.29, 1.82) is 0 Å². The topological polar surface area (TPSA) is 46.6 Å². The van der Waals surface area contributed by atoms with E-state index in [9.17, 15) is 0 Å². The van der Waals surface area contributed by atoms with E-state index in [1.54, 1.807) is 0 Å². The van der Waals surface area contributed by atoms with E-state index in [1.807, 2.05) is 12.1 Å². The summed E-state index contributed by atoms with van der Waals surface area (Å²) in [5.41, 5.74) is 12.4. The van der Waals surface area contributed by atoms with Crippen LogP contribution in [0.15, 0.2) is 210 Å². The van der Waals surface area contributed by atoms with Crippen molar-refractivity contribution in [2.75, 3.05) is 0 Å². The molecule has 10 aromatic rings. The predicted octanol–water partition coefficient (Wildman–Crippen LogP) is 12.2. The van der Waals surface area contributed by atoms with Crippen molar-refractivity contribution < 1.29 is 0 Å². The quantitative estimate of drug-likeness (QED) is 0.183. The molecule has 1 aliphatic rings. The van der Waals surface area contributed by atoms with E-state index in [-0.39, 0.29) is 0 Å². The Labute approximate surface area is 324 Å². The first kappa shape index (κ1) is 32.0. The lowest BCUT2D eigenvalue weighted by Gasteiger charge is -2.26. The Morgan fingerprint density at radius 3 is 1.62 bits per heavy atom. The van der Waals surface area contributed by atoms with Crippen LogP contribution in [-0.4, -0.2) is 20.8 Å². The molecular formula is C51H35N5. The minimum atomic E-state index is -0.464. The fourth-order valence-corrected chi connectivity index (χ4v) is 8.41. The van der Waals surface area contributed by atoms with Gasteiger partial charge in [0.2, 0.25) is 6.29 Å². The van der Waals surface area contributed by atoms with Gasteiger partial charge < -0.3 is 14.5 Å². The number of hydrogen-bond donors (Lipinski definition) is 1. The van der Waals surface area contributed by atoms with Gasteiger partial charge in [0, 0.05) is 38.4 Å². The van der Waals surface area contributed by atoms with E-state index in [2.05, 4.69) is 203 Å². The number of benzene rings is 8. The third-order valence-corrected chi connectivity index (χ3v) is 11.0. The Bertz CT molecular complexity index is 3120. The Kier molecular flexibility index (Phi) is 7.49. The van der Waals surface area contributed by atoms with E-state index < -0.39 is 6.29 Å². The number of hydrogen-bond acceptors (Lipinski definition) is 3. The van der Waals surface area contributed by atoms with Crippen molar-refractivity contribution in [2.45, 2.75) is 6.29 Å². The summed E-state index contributed by atoms with van der Waals surface area (Å²) < 4.78 is 4.76. The van der Waals surface area contributed by atoms with Crippen molar-refractivity contribution in [1.82, 2.24) is 14.5 Å². The Balaban J connectivity index is 1.16. The number of nitrogens with one attached hydrogen (secondary N) is 1. The monoisotopic (exact) mass is 717 g/mol. The Morgan fingerprint density at radius 2 is 0.911 bits per heavy atom. The molecule has 264 valence electrons. The minimum Gasteiger partial charge on any atom is -0.331 e. The molecule has 11 rings (SSSR count). The number of para-hydroxylation sites is 2. The van der Waals surface area contributed by atoms with Gasteiger partial charge in [-0.1, -0.05) is 158 Å². The highest BCUT2D eigenvalue weighted by molar-refractivity contribution is 6.29. The molecule has 5 nitrogen and oxygen atoms in total. The molecule has 0 aliphatic carbocycles. The van der Waals surface area contributed by atoms with E-state index in [4.69, 9.17) is 9.98 Å². The van der Waals surface area contributed by atoms with Crippen molar-refractivity contribution in [3.8, 4) is 27.9 Å². The molecule has 1 atom stereocenters. The summed E-state index contributed by atoms with van der Waals surface area (Å²) in [5.74, 6) is 1.47. The maximum atomic E-state index is 5.40. The molecule has 0 fully saturated rings. The number of aliphatic imine (C=N–C) groups is 2. The average Bonchev–Trinajstić information content (AvgIpc) is 3.80. The fourth-order valence-electron chi connectivity index (χ4n) is 8.41. The van der Waals surface area contributed by atoms with Crippen LogP contribution in [0.2, 0.25) is 0 Å². The van der Waals surface area contributed by atoms with E-state index in [0.29, 0.717) is 5.84 Å². The van der Waals surface area contributed by atoms with Crippen LogP contribution >= 0.6 is 0 Å². The highest BCUT2D eigenvalue weighted by Crippen LogP contribution is 2.43. The number of fused-ring (bicyclic) bond motifs is 7. The third kappa shape index (κ3) is 5.24. The summed E-state index contributed by atoms with van der Waals surface area (Å²) in [5, 5.41) is 8.58. The summed E-state index contributed by atoms with van der Waals surface area (Å²) in [4.78, 5) is 10.5. The molecule has 0 amide bonds. The molecule has 0 saturated carbocycles. The molecule has 3 heterocycles. The van der Waals surface area contributed by atoms with Crippen LogP contribution in [0.25, 0.3) is 71.6 Å². The molecular weight excluding hydrogens is 683 g/mol. The maximum Gasteiger partial charge on any atom is 0.204 e. The van der Waals surface area contributed by atoms with Crippen LogP contribution in [-0.2, 0) is 0 Å². The SMILES string of the molecule is c1ccc(C2=NC(c3ccc(-c4ccccc4)cc3)=NC(n3c4ccccc4c4c5c6cc(-c7ccccc7)ccc6n(-c6ccccc6)c5ccc43)N2)cc1. The molecule has 0 spiro atoms. The molecule has 0 radical (unpaired) electrons. The summed E-state index contributed by atoms with van der Waals surface area (Å²) in [6, 6.07) is 70.9. The van der Waals surface area contributed by atoms with Gasteiger partial charge in [0.25, 0.3) is 0 Å². The van der Waals surface area contributed by atoms with Crippen molar-refractivity contribution >= 4 is 55.3 Å². The summed E-state index contributed by atoms with van der Waals surface area (Å²) in [6.07, 6.45) is -0.464. The zero-order chi connectivity index (χ0) is 37.0. The first-order chi connectivity index (χ1) is 27.8. The van der Waals surface area contributed by atoms with Crippen LogP contribution in [0, 0.1) is 0 Å². The minimum absolute atomic E-state index is 0.464. The molecule has 1 aliphatic heterocycles. The van der Waals surface area contributed by atoms with Gasteiger partial charge in [0.05, 0.1) is 22.1 Å². The first-order valence-corrected chi connectivity index (χ1v) is 19.0. The van der Waals surface area contributed by atoms with Gasteiger partial charge in [-0.05, 0) is 64.7 Å². The number of aromatic nitrogens is 2. The van der Waals surface area contributed by atoms with Crippen molar-refractivity contribution in [2.24, 2.45) is 9.98 Å². The van der Waals surface area contributed by atoms with Gasteiger partial charge in [-0.15, -0.1) is 0 Å². The molecule has 56 heavy (non-hydrogen) atoms. The molecule has 2 aromatic heterocycles. The fraction of sp³-hybridized carbons (Fsp3) is 0.0196. The summed E-state index contributed by atoms with van der Waals surface area (Å²) in [7, 11) is 0. The van der Waals surface area contributed by atoms with Gasteiger partial charge in [-0.25, -0.2) is 9.98 Å². The van der Waals surface area contributed by atoms with Crippen LogP contribution in [0.4, 0.5) is 0 Å². The summed E-state index contributed by atoms with van der Waals surface area (Å²) >= 11 is 0. The Hall–Kier alpha value is -7.50. The highest BCUT2D eigenvalue weighted by atomic mass is 15.3. The van der Waals surface area contributed by atoms with Crippen molar-refractivity contribution in [3.05, 3.63) is 211 Å². The predicted molar refractivity (Wildman–Crippen MR) is 233 cm³/mol. The highest BCUT2D eigenvalue weighted by Gasteiger charge is 2.27. The molecule has 1 unspecified atom stereocenters. The van der Waals surface area contributed by atoms with E-state index in [1.165, 1.54) is 43.8 Å². The van der Waals surface area contributed by atoms with Gasteiger partial charge in [0.15, 0.2) is 5.84 Å². The van der Waals surface area contributed by atoms with Gasteiger partial charge >= 0.3 is 0 Å². The van der Waals surface area contributed by atoms with Crippen LogP contribution < -0.4 is 5.32 Å². The lowest BCUT2D eigenvalue weighted by atomic mass is 10.0. The smallest absolute Gasteiger partial charge is 0.204 e. The van der Waals surface area contributed by atoms with Crippen LogP contribution in [0.5, 0.6) is 0 Å².